The molecule has 2 amide bonds. The van der Waals surface area contributed by atoms with Crippen LogP contribution in [-0.2, 0) is 16.0 Å². The van der Waals surface area contributed by atoms with Crippen LogP contribution >= 0.6 is 0 Å². The van der Waals surface area contributed by atoms with E-state index in [-0.39, 0.29) is 11.3 Å². The van der Waals surface area contributed by atoms with Gasteiger partial charge in [-0.05, 0) is 48.9 Å². The maximum atomic E-state index is 12.7. The molecule has 1 aliphatic heterocycles. The highest BCUT2D eigenvalue weighted by atomic mass is 16.3. The fourth-order valence-corrected chi connectivity index (χ4v) is 3.89. The molecule has 1 unspecified atom stereocenters. The summed E-state index contributed by atoms with van der Waals surface area (Å²) in [5, 5.41) is 16.2. The van der Waals surface area contributed by atoms with E-state index in [4.69, 9.17) is 0 Å². The van der Waals surface area contributed by atoms with Gasteiger partial charge in [0.05, 0.1) is 5.54 Å². The van der Waals surface area contributed by atoms with Crippen LogP contribution in [0.1, 0.15) is 50.7 Å². The molecule has 5 heteroatoms. The quantitative estimate of drug-likeness (QED) is 0.608. The zero-order chi connectivity index (χ0) is 21.0. The number of carbonyl (C=O) groups excluding carboxylic acids is 2. The van der Waals surface area contributed by atoms with Crippen LogP contribution in [0.3, 0.4) is 0 Å². The summed E-state index contributed by atoms with van der Waals surface area (Å²) in [7, 11) is 0. The van der Waals surface area contributed by atoms with E-state index in [1.165, 1.54) is 5.56 Å². The summed E-state index contributed by atoms with van der Waals surface area (Å²) in [5.41, 5.74) is 1.54. The molecule has 0 aromatic heterocycles. The number of benzene rings is 2. The highest BCUT2D eigenvalue weighted by molar-refractivity contribution is 6.24. The van der Waals surface area contributed by atoms with Gasteiger partial charge in [-0.1, -0.05) is 56.3 Å². The summed E-state index contributed by atoms with van der Waals surface area (Å²) < 4.78 is 0. The minimum absolute atomic E-state index is 0.225. The number of carbonyl (C=O) groups is 2. The van der Waals surface area contributed by atoms with Gasteiger partial charge in [-0.3, -0.25) is 9.59 Å². The predicted octanol–water partition coefficient (Wildman–Crippen LogP) is 4.47. The van der Waals surface area contributed by atoms with Crippen molar-refractivity contribution in [1.82, 2.24) is 5.32 Å². The zero-order valence-electron chi connectivity index (χ0n) is 17.2. The molecule has 3 N–H and O–H groups in total. The van der Waals surface area contributed by atoms with E-state index in [0.29, 0.717) is 18.0 Å². The number of hydrogen-bond donors (Lipinski definition) is 3. The van der Waals surface area contributed by atoms with E-state index in [1.807, 2.05) is 54.6 Å². The van der Waals surface area contributed by atoms with E-state index in [9.17, 15) is 14.7 Å². The number of amides is 2. The summed E-state index contributed by atoms with van der Waals surface area (Å²) in [4.78, 5) is 25.2. The van der Waals surface area contributed by atoms with Crippen molar-refractivity contribution >= 4 is 17.5 Å². The van der Waals surface area contributed by atoms with Crippen molar-refractivity contribution in [2.45, 2.75) is 51.5 Å². The monoisotopic (exact) mass is 392 g/mol. The van der Waals surface area contributed by atoms with Gasteiger partial charge in [0, 0.05) is 12.1 Å². The molecule has 0 saturated carbocycles. The van der Waals surface area contributed by atoms with Gasteiger partial charge >= 0.3 is 0 Å². The van der Waals surface area contributed by atoms with Crippen molar-refractivity contribution in [2.24, 2.45) is 0 Å². The zero-order valence-corrected chi connectivity index (χ0v) is 17.2. The van der Waals surface area contributed by atoms with Crippen LogP contribution in [0.2, 0.25) is 0 Å². The van der Waals surface area contributed by atoms with Gasteiger partial charge in [-0.15, -0.1) is 0 Å². The summed E-state index contributed by atoms with van der Waals surface area (Å²) in [6, 6.07) is 17.2. The van der Waals surface area contributed by atoms with Crippen molar-refractivity contribution in [3.63, 3.8) is 0 Å². The number of rotatable bonds is 7. The van der Waals surface area contributed by atoms with Gasteiger partial charge in [-0.2, -0.15) is 0 Å². The van der Waals surface area contributed by atoms with E-state index in [2.05, 4.69) is 24.5 Å². The predicted molar refractivity (Wildman–Crippen MR) is 115 cm³/mol. The molecule has 0 radical (unpaired) electrons. The normalized spacial score (nSPS) is 18.8. The van der Waals surface area contributed by atoms with Crippen molar-refractivity contribution in [3.8, 4) is 0 Å². The third-order valence-electron chi connectivity index (χ3n) is 5.63. The molecule has 0 fully saturated rings. The first-order valence-corrected chi connectivity index (χ1v) is 10.1. The SMILES string of the molecule is CCC(CC)c1ccc(NC(=O)C2=C(O)C(C)(Cc3ccccc3)NC2=O)cc1. The molecular formula is C24H28N2O3. The Kier molecular flexibility index (Phi) is 6.06. The maximum absolute atomic E-state index is 12.7. The molecule has 5 nitrogen and oxygen atoms in total. The topological polar surface area (TPSA) is 78.4 Å². The van der Waals surface area contributed by atoms with E-state index in [1.54, 1.807) is 6.92 Å². The fraction of sp³-hybridized carbons (Fsp3) is 0.333. The molecule has 3 rings (SSSR count). The second-order valence-electron chi connectivity index (χ2n) is 7.76. The first-order valence-electron chi connectivity index (χ1n) is 10.1. The molecule has 152 valence electrons. The Morgan fingerprint density at radius 2 is 1.69 bits per heavy atom. The highest BCUT2D eigenvalue weighted by Gasteiger charge is 2.44. The van der Waals surface area contributed by atoms with Gasteiger partial charge in [0.25, 0.3) is 11.8 Å². The summed E-state index contributed by atoms with van der Waals surface area (Å²) in [6.45, 7) is 6.03. The van der Waals surface area contributed by atoms with Crippen molar-refractivity contribution in [3.05, 3.63) is 77.1 Å². The van der Waals surface area contributed by atoms with Gasteiger partial charge in [0.1, 0.15) is 11.3 Å². The molecule has 1 atom stereocenters. The second-order valence-corrected chi connectivity index (χ2v) is 7.76. The number of aliphatic hydroxyl groups excluding tert-OH is 1. The molecule has 2 aromatic rings. The molecule has 2 aromatic carbocycles. The molecule has 29 heavy (non-hydrogen) atoms. The van der Waals surface area contributed by atoms with Gasteiger partial charge in [0.2, 0.25) is 0 Å². The molecular weight excluding hydrogens is 364 g/mol. The number of nitrogens with one attached hydrogen (secondary N) is 2. The first kappa shape index (κ1) is 20.6. The van der Waals surface area contributed by atoms with Crippen LogP contribution < -0.4 is 10.6 Å². The lowest BCUT2D eigenvalue weighted by molar-refractivity contribution is -0.121. The molecule has 0 spiro atoms. The Bertz CT molecular complexity index is 915. The van der Waals surface area contributed by atoms with E-state index < -0.39 is 17.4 Å². The van der Waals surface area contributed by atoms with Crippen molar-refractivity contribution in [1.29, 1.82) is 0 Å². The van der Waals surface area contributed by atoms with Gasteiger partial charge < -0.3 is 15.7 Å². The standard InChI is InChI=1S/C24H28N2O3/c1-4-17(5-2)18-11-13-19(14-12-18)25-22(28)20-21(27)24(3,26-23(20)29)15-16-9-7-6-8-10-16/h6-14,17,27H,4-5,15H2,1-3H3,(H,25,28)(H,26,29). The van der Waals surface area contributed by atoms with Crippen LogP contribution in [0, 0.1) is 0 Å². The fourth-order valence-electron chi connectivity index (χ4n) is 3.89. The number of hydrogen-bond acceptors (Lipinski definition) is 3. The van der Waals surface area contributed by atoms with Crippen molar-refractivity contribution < 1.29 is 14.7 Å². The van der Waals surface area contributed by atoms with E-state index in [0.717, 1.165) is 18.4 Å². The summed E-state index contributed by atoms with van der Waals surface area (Å²) in [6.07, 6.45) is 2.51. The van der Waals surface area contributed by atoms with Crippen LogP contribution in [-0.4, -0.2) is 22.5 Å². The Labute approximate surface area is 171 Å². The van der Waals surface area contributed by atoms with Crippen molar-refractivity contribution in [2.75, 3.05) is 5.32 Å². The van der Waals surface area contributed by atoms with Crippen LogP contribution in [0.15, 0.2) is 65.9 Å². The Balaban J connectivity index is 1.77. The van der Waals surface area contributed by atoms with Crippen LogP contribution in [0.5, 0.6) is 0 Å². The largest absolute Gasteiger partial charge is 0.509 e. The Hall–Kier alpha value is -3.08. The lowest BCUT2D eigenvalue weighted by Gasteiger charge is -2.24. The second kappa shape index (κ2) is 8.52. The minimum atomic E-state index is -1.01. The molecule has 0 saturated heterocycles. The van der Waals surface area contributed by atoms with Gasteiger partial charge in [0.15, 0.2) is 0 Å². The Morgan fingerprint density at radius 1 is 1.07 bits per heavy atom. The van der Waals surface area contributed by atoms with Crippen LogP contribution in [0.4, 0.5) is 5.69 Å². The molecule has 0 bridgehead atoms. The molecule has 1 aliphatic rings. The average molecular weight is 392 g/mol. The first-order chi connectivity index (χ1) is 13.9. The van der Waals surface area contributed by atoms with Crippen LogP contribution in [0.25, 0.3) is 0 Å². The lowest BCUT2D eigenvalue weighted by atomic mass is 9.91. The molecule has 1 heterocycles. The molecule has 0 aliphatic carbocycles. The number of aliphatic hydroxyl groups is 1. The average Bonchev–Trinajstić information content (AvgIpc) is 2.93. The highest BCUT2D eigenvalue weighted by Crippen LogP contribution is 2.30. The lowest BCUT2D eigenvalue weighted by Crippen LogP contribution is -2.43. The summed E-state index contributed by atoms with van der Waals surface area (Å²) >= 11 is 0. The number of anilines is 1. The van der Waals surface area contributed by atoms with E-state index >= 15 is 0 Å². The third-order valence-corrected chi connectivity index (χ3v) is 5.63. The summed E-state index contributed by atoms with van der Waals surface area (Å²) in [5.74, 6) is -0.900. The smallest absolute Gasteiger partial charge is 0.264 e. The third kappa shape index (κ3) is 4.34. The van der Waals surface area contributed by atoms with Gasteiger partial charge in [-0.25, -0.2) is 0 Å². The minimum Gasteiger partial charge on any atom is -0.509 e. The Morgan fingerprint density at radius 3 is 2.28 bits per heavy atom. The maximum Gasteiger partial charge on any atom is 0.264 e.